The first kappa shape index (κ1) is 22.1. The monoisotopic (exact) mass is 425 g/mol. The fourth-order valence-electron chi connectivity index (χ4n) is 3.37. The van der Waals surface area contributed by atoms with Gasteiger partial charge in [-0.3, -0.25) is 8.99 Å². The molecule has 0 radical (unpaired) electrons. The van der Waals surface area contributed by atoms with E-state index in [-0.39, 0.29) is 4.90 Å². The summed E-state index contributed by atoms with van der Waals surface area (Å²) in [6.07, 6.45) is 3.39. The number of hydrogen-bond acceptors (Lipinski definition) is 3. The zero-order valence-corrected chi connectivity index (χ0v) is 19.1. The number of sulfonamides is 1. The average molecular weight is 426 g/mol. The molecule has 3 rings (SSSR count). The van der Waals surface area contributed by atoms with Crippen molar-refractivity contribution < 1.29 is 8.42 Å². The number of para-hydroxylation sites is 1. The molecule has 0 aliphatic carbocycles. The van der Waals surface area contributed by atoms with Crippen LogP contribution < -0.4 is 4.31 Å². The summed E-state index contributed by atoms with van der Waals surface area (Å²) in [7, 11) is -3.76. The lowest BCUT2D eigenvalue weighted by Gasteiger charge is -2.26. The molecule has 0 unspecified atom stereocenters. The summed E-state index contributed by atoms with van der Waals surface area (Å²) >= 11 is 0. The fourth-order valence-corrected chi connectivity index (χ4v) is 5.22. The quantitative estimate of drug-likeness (QED) is 0.497. The standard InChI is InChI=1S/C24H31N3O2S/c1-5-6-17-27(21-15-11-8-12-16-21)30(28,29)22-19-26(25-23(22)24(2,3)4)18-20-13-9-7-10-14-20/h7-16,19H,5-6,17-18H2,1-4H3. The molecular formula is C24H31N3O2S. The first-order valence-electron chi connectivity index (χ1n) is 10.4. The Balaban J connectivity index is 2.08. The predicted molar refractivity (Wildman–Crippen MR) is 122 cm³/mol. The number of unbranched alkanes of at least 4 members (excludes halogenated alkanes) is 1. The van der Waals surface area contributed by atoms with Gasteiger partial charge < -0.3 is 0 Å². The Morgan fingerprint density at radius 3 is 2.13 bits per heavy atom. The molecule has 0 amide bonds. The molecule has 0 aliphatic rings. The summed E-state index contributed by atoms with van der Waals surface area (Å²) < 4.78 is 31.0. The van der Waals surface area contributed by atoms with Crippen molar-refractivity contribution in [2.75, 3.05) is 10.8 Å². The highest BCUT2D eigenvalue weighted by Gasteiger charge is 2.34. The lowest BCUT2D eigenvalue weighted by Crippen LogP contribution is -2.33. The molecule has 5 nitrogen and oxygen atoms in total. The first-order chi connectivity index (χ1) is 14.2. The second-order valence-corrected chi connectivity index (χ2v) is 10.4. The second-order valence-electron chi connectivity index (χ2n) is 8.54. The van der Waals surface area contributed by atoms with E-state index in [0.717, 1.165) is 18.4 Å². The maximum Gasteiger partial charge on any atom is 0.267 e. The van der Waals surface area contributed by atoms with Crippen molar-refractivity contribution >= 4 is 15.7 Å². The van der Waals surface area contributed by atoms with Gasteiger partial charge in [0.1, 0.15) is 4.90 Å². The van der Waals surface area contributed by atoms with Gasteiger partial charge in [0.05, 0.1) is 17.9 Å². The van der Waals surface area contributed by atoms with Crippen LogP contribution in [0.15, 0.2) is 71.8 Å². The molecule has 1 heterocycles. The third-order valence-corrected chi connectivity index (χ3v) is 6.78. The van der Waals surface area contributed by atoms with Gasteiger partial charge in [0.25, 0.3) is 10.0 Å². The second kappa shape index (κ2) is 9.04. The van der Waals surface area contributed by atoms with E-state index in [1.165, 1.54) is 4.31 Å². The maximum atomic E-state index is 13.8. The Kier molecular flexibility index (Phi) is 6.66. The van der Waals surface area contributed by atoms with Crippen molar-refractivity contribution in [2.24, 2.45) is 0 Å². The van der Waals surface area contributed by atoms with Crippen LogP contribution in [0.3, 0.4) is 0 Å². The predicted octanol–water partition coefficient (Wildman–Crippen LogP) is 5.22. The van der Waals surface area contributed by atoms with E-state index >= 15 is 0 Å². The van der Waals surface area contributed by atoms with E-state index in [1.54, 1.807) is 10.9 Å². The van der Waals surface area contributed by atoms with E-state index in [1.807, 2.05) is 81.4 Å². The van der Waals surface area contributed by atoms with Crippen molar-refractivity contribution in [1.29, 1.82) is 0 Å². The van der Waals surface area contributed by atoms with Gasteiger partial charge >= 0.3 is 0 Å². The van der Waals surface area contributed by atoms with Crippen LogP contribution in [0.2, 0.25) is 0 Å². The van der Waals surface area contributed by atoms with Crippen LogP contribution >= 0.6 is 0 Å². The number of hydrogen-bond donors (Lipinski definition) is 0. The maximum absolute atomic E-state index is 13.8. The highest BCUT2D eigenvalue weighted by atomic mass is 32.2. The average Bonchev–Trinajstić information content (AvgIpc) is 3.15. The van der Waals surface area contributed by atoms with Gasteiger partial charge in [-0.1, -0.05) is 82.6 Å². The molecule has 160 valence electrons. The zero-order chi connectivity index (χ0) is 21.8. The SMILES string of the molecule is CCCCN(c1ccccc1)S(=O)(=O)c1cn(Cc2ccccc2)nc1C(C)(C)C. The third-order valence-electron chi connectivity index (χ3n) is 4.95. The Bertz CT molecular complexity index is 1050. The molecule has 0 atom stereocenters. The topological polar surface area (TPSA) is 55.2 Å². The molecule has 30 heavy (non-hydrogen) atoms. The van der Waals surface area contributed by atoms with Crippen LogP contribution in [0, 0.1) is 0 Å². The molecule has 0 N–H and O–H groups in total. The zero-order valence-electron chi connectivity index (χ0n) is 18.2. The molecule has 2 aromatic carbocycles. The highest BCUT2D eigenvalue weighted by Crippen LogP contribution is 2.32. The lowest BCUT2D eigenvalue weighted by molar-refractivity contribution is 0.532. The van der Waals surface area contributed by atoms with Crippen LogP contribution in [0.1, 0.15) is 51.8 Å². The van der Waals surface area contributed by atoms with Gasteiger partial charge in [-0.15, -0.1) is 0 Å². The number of aromatic nitrogens is 2. The minimum absolute atomic E-state index is 0.283. The summed E-state index contributed by atoms with van der Waals surface area (Å²) in [5, 5.41) is 4.71. The largest absolute Gasteiger partial charge is 0.267 e. The van der Waals surface area contributed by atoms with Crippen molar-refractivity contribution in [3.05, 3.63) is 78.1 Å². The van der Waals surface area contributed by atoms with Crippen LogP contribution in [0.4, 0.5) is 5.69 Å². The number of nitrogens with zero attached hydrogens (tertiary/aromatic N) is 3. The molecule has 3 aromatic rings. The summed E-state index contributed by atoms with van der Waals surface area (Å²) in [6, 6.07) is 19.3. The van der Waals surface area contributed by atoms with E-state index in [2.05, 4.69) is 6.92 Å². The van der Waals surface area contributed by atoms with Gasteiger partial charge in [-0.05, 0) is 24.1 Å². The van der Waals surface area contributed by atoms with Crippen LogP contribution in [-0.4, -0.2) is 24.7 Å². The smallest absolute Gasteiger partial charge is 0.267 e. The Morgan fingerprint density at radius 1 is 0.967 bits per heavy atom. The Labute approximate surface area is 180 Å². The van der Waals surface area contributed by atoms with Crippen molar-refractivity contribution in [1.82, 2.24) is 9.78 Å². The molecular weight excluding hydrogens is 394 g/mol. The summed E-state index contributed by atoms with van der Waals surface area (Å²) in [5.41, 5.74) is 1.95. The fraction of sp³-hybridized carbons (Fsp3) is 0.375. The van der Waals surface area contributed by atoms with E-state index < -0.39 is 15.4 Å². The van der Waals surface area contributed by atoms with Crippen molar-refractivity contribution in [3.63, 3.8) is 0 Å². The molecule has 1 aromatic heterocycles. The minimum atomic E-state index is -3.76. The van der Waals surface area contributed by atoms with E-state index in [9.17, 15) is 8.42 Å². The van der Waals surface area contributed by atoms with Crippen LogP contribution in [0.5, 0.6) is 0 Å². The first-order valence-corrected chi connectivity index (χ1v) is 11.9. The van der Waals surface area contributed by atoms with Crippen molar-refractivity contribution in [2.45, 2.75) is 57.4 Å². The summed E-state index contributed by atoms with van der Waals surface area (Å²) in [6.45, 7) is 9.03. The van der Waals surface area contributed by atoms with Gasteiger partial charge in [0.2, 0.25) is 0 Å². The molecule has 0 saturated heterocycles. The highest BCUT2D eigenvalue weighted by molar-refractivity contribution is 7.92. The molecule has 0 fully saturated rings. The molecule has 0 aliphatic heterocycles. The van der Waals surface area contributed by atoms with Crippen LogP contribution in [0.25, 0.3) is 0 Å². The Morgan fingerprint density at radius 2 is 1.57 bits per heavy atom. The van der Waals surface area contributed by atoms with E-state index in [0.29, 0.717) is 24.5 Å². The number of anilines is 1. The summed E-state index contributed by atoms with van der Waals surface area (Å²) in [5.74, 6) is 0. The minimum Gasteiger partial charge on any atom is -0.267 e. The third kappa shape index (κ3) is 4.93. The lowest BCUT2D eigenvalue weighted by atomic mass is 9.92. The van der Waals surface area contributed by atoms with Gasteiger partial charge in [-0.25, -0.2) is 8.42 Å². The number of rotatable bonds is 8. The van der Waals surface area contributed by atoms with E-state index in [4.69, 9.17) is 5.10 Å². The Hall–Kier alpha value is -2.60. The molecule has 0 saturated carbocycles. The van der Waals surface area contributed by atoms with Gasteiger partial charge in [0, 0.05) is 18.2 Å². The molecule has 0 spiro atoms. The summed E-state index contributed by atoms with van der Waals surface area (Å²) in [4.78, 5) is 0.283. The van der Waals surface area contributed by atoms with Gasteiger partial charge in [-0.2, -0.15) is 5.10 Å². The molecule has 0 bridgehead atoms. The normalized spacial score (nSPS) is 12.1. The molecule has 6 heteroatoms. The van der Waals surface area contributed by atoms with Crippen LogP contribution in [-0.2, 0) is 22.0 Å². The number of benzene rings is 2. The van der Waals surface area contributed by atoms with Crippen molar-refractivity contribution in [3.8, 4) is 0 Å². The van der Waals surface area contributed by atoms with Gasteiger partial charge in [0.15, 0.2) is 0 Å².